The largest absolute Gasteiger partial charge is 0.416 e. The maximum atomic E-state index is 13.0. The molecule has 2 aromatic rings. The zero-order valence-corrected chi connectivity index (χ0v) is 21.3. The number of carbonyl (C=O) groups is 3. The molecule has 3 aliphatic heterocycles. The number of amides is 3. The number of alkyl halides is 3. The minimum atomic E-state index is -4.39. The lowest BCUT2D eigenvalue weighted by molar-refractivity contribution is -0.138. The third kappa shape index (κ3) is 4.60. The number of nitrogens with one attached hydrogen (secondary N) is 1. The third-order valence-corrected chi connectivity index (χ3v) is 8.36. The number of nitrogens with zero attached hydrogens (tertiary/aromatic N) is 2. The molecular weight excluding hydrogens is 499 g/mol. The molecule has 0 spiro atoms. The second kappa shape index (κ2) is 9.20. The van der Waals surface area contributed by atoms with Crippen LogP contribution in [-0.2, 0) is 33.5 Å². The Morgan fingerprint density at radius 2 is 1.61 bits per heavy atom. The average Bonchev–Trinajstić information content (AvgIpc) is 3.19. The smallest absolute Gasteiger partial charge is 0.385 e. The highest BCUT2D eigenvalue weighted by Gasteiger charge is 2.42. The summed E-state index contributed by atoms with van der Waals surface area (Å²) in [7, 11) is 0. The van der Waals surface area contributed by atoms with Crippen molar-refractivity contribution in [1.82, 2.24) is 15.1 Å². The van der Waals surface area contributed by atoms with Crippen LogP contribution in [-0.4, -0.2) is 51.8 Å². The van der Waals surface area contributed by atoms with Gasteiger partial charge in [-0.05, 0) is 68.0 Å². The fourth-order valence-electron chi connectivity index (χ4n) is 5.84. The Hall–Kier alpha value is -3.24. The minimum absolute atomic E-state index is 0.181. The van der Waals surface area contributed by atoms with E-state index in [1.54, 1.807) is 12.1 Å². The molecule has 3 aliphatic rings. The number of hydrogen-bond donors (Lipinski definition) is 2. The molecule has 0 aromatic heterocycles. The van der Waals surface area contributed by atoms with Crippen LogP contribution in [0.3, 0.4) is 0 Å². The highest BCUT2D eigenvalue weighted by atomic mass is 19.4. The van der Waals surface area contributed by atoms with Gasteiger partial charge in [0.1, 0.15) is 6.04 Å². The summed E-state index contributed by atoms with van der Waals surface area (Å²) >= 11 is 0. The predicted molar refractivity (Wildman–Crippen MR) is 132 cm³/mol. The fraction of sp³-hybridized carbons (Fsp3) is 0.464. The van der Waals surface area contributed by atoms with Gasteiger partial charge in [0.15, 0.2) is 0 Å². The molecule has 38 heavy (non-hydrogen) atoms. The van der Waals surface area contributed by atoms with Gasteiger partial charge in [0.2, 0.25) is 11.8 Å². The van der Waals surface area contributed by atoms with Crippen molar-refractivity contribution in [3.63, 3.8) is 0 Å². The van der Waals surface area contributed by atoms with Crippen molar-refractivity contribution >= 4 is 17.7 Å². The van der Waals surface area contributed by atoms with E-state index in [0.717, 1.165) is 23.3 Å². The number of piperidine rings is 2. The van der Waals surface area contributed by atoms with E-state index in [4.69, 9.17) is 0 Å². The van der Waals surface area contributed by atoms with Gasteiger partial charge in [0.25, 0.3) is 5.91 Å². The van der Waals surface area contributed by atoms with E-state index in [1.807, 2.05) is 19.9 Å². The average molecular weight is 530 g/mol. The topological polar surface area (TPSA) is 89.9 Å². The van der Waals surface area contributed by atoms with Crippen LogP contribution in [0.15, 0.2) is 42.5 Å². The summed E-state index contributed by atoms with van der Waals surface area (Å²) in [5.41, 5.74) is 0.351. The molecule has 3 amide bonds. The SMILES string of the molecule is CC(C)(c1ccc(C(F)(F)F)cc1)N1CCC(O)(c2ccc3c(c2)CN(C2CCC(=O)NC2=O)C3=O)CC1. The van der Waals surface area contributed by atoms with Gasteiger partial charge in [-0.15, -0.1) is 0 Å². The number of aliphatic hydroxyl groups is 1. The van der Waals surface area contributed by atoms with Crippen LogP contribution in [0.2, 0.25) is 0 Å². The first kappa shape index (κ1) is 26.4. The van der Waals surface area contributed by atoms with Crippen molar-refractivity contribution in [1.29, 1.82) is 0 Å². The van der Waals surface area contributed by atoms with Crippen LogP contribution in [0.25, 0.3) is 0 Å². The number of fused-ring (bicyclic) bond motifs is 1. The summed E-state index contributed by atoms with van der Waals surface area (Å²) < 4.78 is 38.9. The molecule has 2 saturated heterocycles. The van der Waals surface area contributed by atoms with Crippen molar-refractivity contribution in [2.24, 2.45) is 0 Å². The molecular formula is C28H30F3N3O4. The first-order valence-corrected chi connectivity index (χ1v) is 12.7. The minimum Gasteiger partial charge on any atom is -0.385 e. The van der Waals surface area contributed by atoms with Gasteiger partial charge in [-0.1, -0.05) is 24.3 Å². The summed E-state index contributed by atoms with van der Waals surface area (Å²) in [6.45, 7) is 5.22. The molecule has 2 fully saturated rings. The Bertz CT molecular complexity index is 1280. The van der Waals surface area contributed by atoms with Crippen LogP contribution in [0.1, 0.15) is 72.1 Å². The standard InChI is InChI=1S/C28H30F3N3O4/c1-26(2,18-3-5-19(6-4-18)28(29,30)31)33-13-11-27(38,12-14-33)20-7-8-21-17(15-20)16-34(25(21)37)22-9-10-23(35)32-24(22)36/h3-8,15,22,38H,9-14,16H2,1-2H3,(H,32,35,36). The van der Waals surface area contributed by atoms with Gasteiger partial charge in [-0.25, -0.2) is 0 Å². The lowest BCUT2D eigenvalue weighted by atomic mass is 9.81. The van der Waals surface area contributed by atoms with Crippen LogP contribution < -0.4 is 5.32 Å². The monoisotopic (exact) mass is 529 g/mol. The zero-order chi connectivity index (χ0) is 27.5. The van der Waals surface area contributed by atoms with Gasteiger partial charge in [-0.3, -0.25) is 24.6 Å². The molecule has 3 heterocycles. The summed E-state index contributed by atoms with van der Waals surface area (Å²) in [6, 6.07) is 9.79. The number of likely N-dealkylation sites (tertiary alicyclic amines) is 1. The lowest BCUT2D eigenvalue weighted by Crippen LogP contribution is -2.52. The first-order chi connectivity index (χ1) is 17.8. The van der Waals surface area contributed by atoms with E-state index in [0.29, 0.717) is 37.1 Å². The molecule has 0 bridgehead atoms. The number of hydrogen-bond acceptors (Lipinski definition) is 5. The maximum Gasteiger partial charge on any atom is 0.416 e. The van der Waals surface area contributed by atoms with Gasteiger partial charge >= 0.3 is 6.18 Å². The first-order valence-electron chi connectivity index (χ1n) is 12.7. The molecule has 10 heteroatoms. The number of rotatable bonds is 4. The summed E-state index contributed by atoms with van der Waals surface area (Å²) in [4.78, 5) is 40.4. The number of carbonyl (C=O) groups excluding carboxylic acids is 3. The van der Waals surface area contributed by atoms with E-state index in [-0.39, 0.29) is 31.2 Å². The molecule has 2 N–H and O–H groups in total. The molecule has 5 rings (SSSR count). The fourth-order valence-corrected chi connectivity index (χ4v) is 5.84. The van der Waals surface area contributed by atoms with E-state index in [2.05, 4.69) is 10.2 Å². The third-order valence-electron chi connectivity index (χ3n) is 8.36. The van der Waals surface area contributed by atoms with Crippen LogP contribution >= 0.6 is 0 Å². The van der Waals surface area contributed by atoms with Crippen molar-refractivity contribution in [3.8, 4) is 0 Å². The second-order valence-electron chi connectivity index (χ2n) is 10.9. The van der Waals surface area contributed by atoms with Crippen molar-refractivity contribution in [3.05, 3.63) is 70.3 Å². The van der Waals surface area contributed by atoms with Gasteiger partial charge in [-0.2, -0.15) is 13.2 Å². The van der Waals surface area contributed by atoms with Gasteiger partial charge in [0, 0.05) is 37.2 Å². The Balaban J connectivity index is 1.28. The Morgan fingerprint density at radius 1 is 0.974 bits per heavy atom. The van der Waals surface area contributed by atoms with E-state index in [9.17, 15) is 32.7 Å². The summed E-state index contributed by atoms with van der Waals surface area (Å²) in [5.74, 6) is -1.07. The van der Waals surface area contributed by atoms with Crippen LogP contribution in [0.5, 0.6) is 0 Å². The summed E-state index contributed by atoms with van der Waals surface area (Å²) in [5, 5.41) is 13.8. The molecule has 2 aromatic carbocycles. The highest BCUT2D eigenvalue weighted by molar-refractivity contribution is 6.05. The Morgan fingerprint density at radius 3 is 2.21 bits per heavy atom. The maximum absolute atomic E-state index is 13.0. The molecule has 0 aliphatic carbocycles. The number of halogens is 3. The van der Waals surface area contributed by atoms with E-state index < -0.39 is 34.8 Å². The molecule has 0 radical (unpaired) electrons. The second-order valence-corrected chi connectivity index (χ2v) is 10.9. The molecule has 7 nitrogen and oxygen atoms in total. The van der Waals surface area contributed by atoms with Crippen molar-refractivity contribution in [2.75, 3.05) is 13.1 Å². The molecule has 0 saturated carbocycles. The van der Waals surface area contributed by atoms with Crippen LogP contribution in [0.4, 0.5) is 13.2 Å². The Kier molecular flexibility index (Phi) is 6.38. The normalized spacial score (nSPS) is 22.4. The zero-order valence-electron chi connectivity index (χ0n) is 21.3. The Labute approximate surface area is 218 Å². The summed E-state index contributed by atoms with van der Waals surface area (Å²) in [6.07, 6.45) is -3.09. The van der Waals surface area contributed by atoms with Crippen molar-refractivity contribution < 1.29 is 32.7 Å². The van der Waals surface area contributed by atoms with Crippen LogP contribution in [0, 0.1) is 0 Å². The van der Waals surface area contributed by atoms with E-state index >= 15 is 0 Å². The van der Waals surface area contributed by atoms with Crippen molar-refractivity contribution in [2.45, 2.75) is 69.4 Å². The molecule has 202 valence electrons. The lowest BCUT2D eigenvalue weighted by Gasteiger charge is -2.46. The quantitative estimate of drug-likeness (QED) is 0.590. The highest BCUT2D eigenvalue weighted by Crippen LogP contribution is 2.40. The number of benzene rings is 2. The molecule has 1 unspecified atom stereocenters. The predicted octanol–water partition coefficient (Wildman–Crippen LogP) is 3.69. The molecule has 1 atom stereocenters. The van der Waals surface area contributed by atoms with Gasteiger partial charge in [0.05, 0.1) is 11.2 Å². The van der Waals surface area contributed by atoms with Gasteiger partial charge < -0.3 is 10.0 Å². The number of imide groups is 1. The van der Waals surface area contributed by atoms with E-state index in [1.165, 1.54) is 17.0 Å².